The van der Waals surface area contributed by atoms with Gasteiger partial charge < -0.3 is 27.2 Å². The number of alkyl halides is 3. The lowest BCUT2D eigenvalue weighted by atomic mass is 10.0. The van der Waals surface area contributed by atoms with Gasteiger partial charge in [0.15, 0.2) is 11.7 Å². The van der Waals surface area contributed by atoms with Crippen LogP contribution >= 0.6 is 15.9 Å². The second-order valence-electron chi connectivity index (χ2n) is 7.07. The number of guanidine groups is 1. The van der Waals surface area contributed by atoms with E-state index in [2.05, 4.69) is 31.6 Å². The van der Waals surface area contributed by atoms with Gasteiger partial charge in [-0.2, -0.15) is 13.2 Å². The fraction of sp³-hybridized carbons (Fsp3) is 0.190. The Labute approximate surface area is 204 Å². The van der Waals surface area contributed by atoms with Crippen molar-refractivity contribution < 1.29 is 37.5 Å². The lowest BCUT2D eigenvalue weighted by molar-refractivity contribution is -0.138. The highest BCUT2D eigenvalue weighted by Crippen LogP contribution is 2.32. The average molecular weight is 558 g/mol. The van der Waals surface area contributed by atoms with Gasteiger partial charge in [0, 0.05) is 15.6 Å². The quantitative estimate of drug-likeness (QED) is 0.177. The monoisotopic (exact) mass is 557 g/mol. The first-order chi connectivity index (χ1) is 16.3. The highest BCUT2D eigenvalue weighted by atomic mass is 79.9. The Hall–Kier alpha value is -3.94. The third-order valence-corrected chi connectivity index (χ3v) is 4.86. The number of carbonyl (C=O) groups is 4. The van der Waals surface area contributed by atoms with Crippen molar-refractivity contribution in [1.29, 1.82) is 0 Å². The minimum Gasteiger partial charge on any atom is -0.481 e. The van der Waals surface area contributed by atoms with E-state index in [4.69, 9.17) is 16.6 Å². The second-order valence-corrected chi connectivity index (χ2v) is 7.99. The van der Waals surface area contributed by atoms with Crippen molar-refractivity contribution in [2.75, 3.05) is 6.54 Å². The predicted molar refractivity (Wildman–Crippen MR) is 122 cm³/mol. The number of halogens is 4. The molecule has 14 heteroatoms. The molecule has 2 amide bonds. The lowest BCUT2D eigenvalue weighted by Gasteiger charge is -2.16. The zero-order chi connectivity index (χ0) is 26.3. The summed E-state index contributed by atoms with van der Waals surface area (Å²) in [6, 6.07) is 6.68. The molecule has 2 aromatic rings. The van der Waals surface area contributed by atoms with Crippen LogP contribution in [0.5, 0.6) is 0 Å². The number of nitrogens with zero attached hydrogens (tertiary/aromatic N) is 1. The maximum absolute atomic E-state index is 13.2. The van der Waals surface area contributed by atoms with E-state index >= 15 is 0 Å². The zero-order valence-corrected chi connectivity index (χ0v) is 19.3. The number of nitrogens with one attached hydrogen (secondary N) is 2. The molecule has 0 radical (unpaired) electrons. The van der Waals surface area contributed by atoms with E-state index in [9.17, 15) is 32.3 Å². The molecule has 0 aliphatic carbocycles. The summed E-state index contributed by atoms with van der Waals surface area (Å²) in [7, 11) is 0. The first-order valence-corrected chi connectivity index (χ1v) is 10.5. The van der Waals surface area contributed by atoms with Crippen LogP contribution in [0.25, 0.3) is 0 Å². The molecule has 1 unspecified atom stereocenters. The van der Waals surface area contributed by atoms with E-state index < -0.39 is 65.8 Å². The SMILES string of the molecule is NC(N)=Nc1cc(C(=O)NCC(=O)NC(CC(=O)O)C(=O)c2ccc(Br)cc2)cc(C(F)(F)F)c1. The Morgan fingerprint density at radius 3 is 2.20 bits per heavy atom. The Morgan fingerprint density at radius 2 is 1.66 bits per heavy atom. The number of Topliss-reactive ketones (excluding diaryl/α,β-unsaturated/α-hetero) is 1. The average Bonchev–Trinajstić information content (AvgIpc) is 2.75. The van der Waals surface area contributed by atoms with Crippen LogP contribution in [-0.2, 0) is 15.8 Å². The second kappa shape index (κ2) is 11.5. The summed E-state index contributed by atoms with van der Waals surface area (Å²) in [6.07, 6.45) is -5.54. The number of hydrogen-bond acceptors (Lipinski definition) is 5. The van der Waals surface area contributed by atoms with Crippen molar-refractivity contribution in [3.05, 3.63) is 63.6 Å². The van der Waals surface area contributed by atoms with Gasteiger partial charge >= 0.3 is 12.1 Å². The molecule has 35 heavy (non-hydrogen) atoms. The Balaban J connectivity index is 2.14. The molecule has 186 valence electrons. The first-order valence-electron chi connectivity index (χ1n) is 9.67. The highest BCUT2D eigenvalue weighted by Gasteiger charge is 2.32. The van der Waals surface area contributed by atoms with Gasteiger partial charge in [0.2, 0.25) is 5.91 Å². The molecule has 0 bridgehead atoms. The van der Waals surface area contributed by atoms with Crippen molar-refractivity contribution in [2.24, 2.45) is 16.5 Å². The lowest BCUT2D eigenvalue weighted by Crippen LogP contribution is -2.46. The van der Waals surface area contributed by atoms with Crippen molar-refractivity contribution >= 4 is 51.1 Å². The molecular formula is C21H19BrF3N5O5. The molecule has 0 fully saturated rings. The van der Waals surface area contributed by atoms with Crippen LogP contribution in [0, 0.1) is 0 Å². The van der Waals surface area contributed by atoms with Gasteiger partial charge in [0.1, 0.15) is 6.04 Å². The van der Waals surface area contributed by atoms with Gasteiger partial charge in [-0.3, -0.25) is 19.2 Å². The summed E-state index contributed by atoms with van der Waals surface area (Å²) in [5.41, 5.74) is 8.49. The third-order valence-electron chi connectivity index (χ3n) is 4.33. The number of rotatable bonds is 9. The molecule has 0 aliphatic rings. The zero-order valence-electron chi connectivity index (χ0n) is 17.7. The number of nitrogens with two attached hydrogens (primary N) is 2. The predicted octanol–water partition coefficient (Wildman–Crippen LogP) is 1.95. The van der Waals surface area contributed by atoms with Crippen LogP contribution in [0.1, 0.15) is 32.7 Å². The normalized spacial score (nSPS) is 11.8. The maximum atomic E-state index is 13.2. The van der Waals surface area contributed by atoms with Gasteiger partial charge in [-0.05, 0) is 30.3 Å². The summed E-state index contributed by atoms with van der Waals surface area (Å²) < 4.78 is 40.2. The van der Waals surface area contributed by atoms with Gasteiger partial charge in [-0.15, -0.1) is 0 Å². The van der Waals surface area contributed by atoms with Crippen LogP contribution in [-0.4, -0.2) is 47.2 Å². The van der Waals surface area contributed by atoms with E-state index in [0.29, 0.717) is 16.6 Å². The Morgan fingerprint density at radius 1 is 1.03 bits per heavy atom. The molecule has 0 saturated carbocycles. The van der Waals surface area contributed by atoms with Crippen LogP contribution in [0.3, 0.4) is 0 Å². The molecular weight excluding hydrogens is 539 g/mol. The number of aliphatic imine (C=N–C) groups is 1. The van der Waals surface area contributed by atoms with Gasteiger partial charge in [-0.25, -0.2) is 4.99 Å². The Kier molecular flexibility index (Phi) is 8.94. The van der Waals surface area contributed by atoms with Gasteiger partial charge in [-0.1, -0.05) is 28.1 Å². The number of aliphatic carboxylic acids is 1. The number of amides is 2. The minimum absolute atomic E-state index is 0.139. The number of benzene rings is 2. The molecule has 0 heterocycles. The van der Waals surface area contributed by atoms with E-state index in [0.717, 1.165) is 6.07 Å². The van der Waals surface area contributed by atoms with E-state index in [1.54, 1.807) is 12.1 Å². The van der Waals surface area contributed by atoms with Crippen LogP contribution < -0.4 is 22.1 Å². The Bertz CT molecular complexity index is 1160. The van der Waals surface area contributed by atoms with Crippen molar-refractivity contribution in [3.8, 4) is 0 Å². The molecule has 10 nitrogen and oxygen atoms in total. The minimum atomic E-state index is -4.81. The highest BCUT2D eigenvalue weighted by molar-refractivity contribution is 9.10. The number of hydrogen-bond donors (Lipinski definition) is 5. The topological polar surface area (TPSA) is 177 Å². The molecule has 1 atom stereocenters. The molecule has 2 aromatic carbocycles. The van der Waals surface area contributed by atoms with Gasteiger partial charge in [0.05, 0.1) is 24.2 Å². The van der Waals surface area contributed by atoms with Crippen molar-refractivity contribution in [3.63, 3.8) is 0 Å². The van der Waals surface area contributed by atoms with Crippen LogP contribution in [0.15, 0.2) is 51.9 Å². The van der Waals surface area contributed by atoms with E-state index in [-0.39, 0.29) is 11.3 Å². The van der Waals surface area contributed by atoms with Crippen LogP contribution in [0.2, 0.25) is 0 Å². The molecule has 0 spiro atoms. The standard InChI is InChI=1S/C21H19BrF3N5O5/c22-13-3-1-10(2-4-13)18(34)15(8-17(32)33)30-16(31)9-28-19(35)11-5-12(21(23,24)25)7-14(6-11)29-20(26)27/h1-7,15H,8-9H2,(H,28,35)(H,30,31)(H,32,33)(H4,26,27,29). The third kappa shape index (κ3) is 8.41. The molecule has 7 N–H and O–H groups in total. The molecule has 0 saturated heterocycles. The fourth-order valence-electron chi connectivity index (χ4n) is 2.83. The summed E-state index contributed by atoms with van der Waals surface area (Å²) in [5.74, 6) is -4.57. The number of carboxylic acid groups (broad SMARTS) is 1. The summed E-state index contributed by atoms with van der Waals surface area (Å²) in [4.78, 5) is 52.0. The van der Waals surface area contributed by atoms with E-state index in [1.807, 2.05) is 0 Å². The summed E-state index contributed by atoms with van der Waals surface area (Å²) in [6.45, 7) is -0.754. The summed E-state index contributed by atoms with van der Waals surface area (Å²) >= 11 is 3.20. The maximum Gasteiger partial charge on any atom is 0.416 e. The molecule has 2 rings (SSSR count). The van der Waals surface area contributed by atoms with Crippen LogP contribution in [0.4, 0.5) is 18.9 Å². The van der Waals surface area contributed by atoms with Crippen molar-refractivity contribution in [2.45, 2.75) is 18.6 Å². The smallest absolute Gasteiger partial charge is 0.416 e. The van der Waals surface area contributed by atoms with Crippen molar-refractivity contribution in [1.82, 2.24) is 10.6 Å². The molecule has 0 aliphatic heterocycles. The molecule has 0 aromatic heterocycles. The first kappa shape index (κ1) is 27.3. The summed E-state index contributed by atoms with van der Waals surface area (Å²) in [5, 5.41) is 13.4. The van der Waals surface area contributed by atoms with Gasteiger partial charge in [0.25, 0.3) is 5.91 Å². The fourth-order valence-corrected chi connectivity index (χ4v) is 3.09. The number of carbonyl (C=O) groups excluding carboxylic acids is 3. The van der Waals surface area contributed by atoms with E-state index in [1.165, 1.54) is 12.1 Å². The largest absolute Gasteiger partial charge is 0.481 e. The number of ketones is 1. The number of carboxylic acids is 1.